The third-order valence-electron chi connectivity index (χ3n) is 7.35. The molecule has 0 unspecified atom stereocenters. The number of nitrogens with one attached hydrogen (secondary N) is 2. The quantitative estimate of drug-likeness (QED) is 0.242. The van der Waals surface area contributed by atoms with Crippen LogP contribution in [0.1, 0.15) is 96.2 Å². The first-order chi connectivity index (χ1) is 17.7. The van der Waals surface area contributed by atoms with Gasteiger partial charge in [-0.15, -0.1) is 10.2 Å². The SMILES string of the molecule is CCCCCCCCCCOC(=O)[C@@H]1C[C@H]2C[C@@H](CCc3nn[nH]n3)CC[C@H]2CN1.O=C(O)C(F)(F)F. The Bertz CT molecular complexity index is 779. The first-order valence-corrected chi connectivity index (χ1v) is 13.6. The van der Waals surface area contributed by atoms with Gasteiger partial charge in [0.05, 0.1) is 6.61 Å². The summed E-state index contributed by atoms with van der Waals surface area (Å²) in [6.07, 6.45) is 11.7. The second-order valence-corrected chi connectivity index (χ2v) is 10.2. The Balaban J connectivity index is 0.000000604. The van der Waals surface area contributed by atoms with Gasteiger partial charge in [0.15, 0.2) is 5.82 Å². The molecular formula is C25H42F3N5O4. The summed E-state index contributed by atoms with van der Waals surface area (Å²) in [5.41, 5.74) is 0. The molecule has 0 aromatic carbocycles. The van der Waals surface area contributed by atoms with Crippen LogP contribution >= 0.6 is 0 Å². The van der Waals surface area contributed by atoms with Crippen LogP contribution in [0.3, 0.4) is 0 Å². The standard InChI is InChI=1S/C23H41N5O2.C2HF3O2/c1-2-3-4-5-6-7-8-9-14-30-23(29)21-16-20-15-18(10-12-19(20)17-24-21)11-13-22-25-27-28-26-22;3-2(4,5)1(6)7/h18-21,24H,2-17H2,1H3,(H,25,26,27,28);(H,6,7)/t18-,19+,20-,21+;/m1./s1. The zero-order valence-corrected chi connectivity index (χ0v) is 21.8. The van der Waals surface area contributed by atoms with Gasteiger partial charge in [-0.1, -0.05) is 63.5 Å². The van der Waals surface area contributed by atoms with Crippen molar-refractivity contribution >= 4 is 11.9 Å². The minimum absolute atomic E-state index is 0.0367. The lowest BCUT2D eigenvalue weighted by atomic mass is 9.69. The number of carbonyl (C=O) groups excluding carboxylic acids is 1. The number of hydrogen-bond acceptors (Lipinski definition) is 7. The molecule has 1 aliphatic heterocycles. The summed E-state index contributed by atoms with van der Waals surface area (Å²) in [4.78, 5) is 21.4. The minimum Gasteiger partial charge on any atom is -0.475 e. The van der Waals surface area contributed by atoms with Crippen LogP contribution in [-0.4, -0.2) is 63.0 Å². The number of H-pyrrole nitrogens is 1. The van der Waals surface area contributed by atoms with Crippen molar-refractivity contribution < 1.29 is 32.6 Å². The Hall–Kier alpha value is -2.24. The predicted octanol–water partition coefficient (Wildman–Crippen LogP) is 4.84. The number of halogens is 3. The second kappa shape index (κ2) is 16.6. The van der Waals surface area contributed by atoms with Gasteiger partial charge in [0, 0.05) is 6.42 Å². The number of hydrogen-bond donors (Lipinski definition) is 3. The van der Waals surface area contributed by atoms with Gasteiger partial charge in [-0.2, -0.15) is 18.4 Å². The highest BCUT2D eigenvalue weighted by Crippen LogP contribution is 2.40. The molecule has 9 nitrogen and oxygen atoms in total. The van der Waals surface area contributed by atoms with Gasteiger partial charge in [-0.25, -0.2) is 4.79 Å². The van der Waals surface area contributed by atoms with Crippen LogP contribution in [0.4, 0.5) is 13.2 Å². The van der Waals surface area contributed by atoms with E-state index in [2.05, 4.69) is 32.9 Å². The van der Waals surface area contributed by atoms with Gasteiger partial charge in [-0.05, 0) is 56.4 Å². The Labute approximate surface area is 216 Å². The average Bonchev–Trinajstić information content (AvgIpc) is 3.39. The fraction of sp³-hybridized carbons (Fsp3) is 0.880. The third-order valence-corrected chi connectivity index (χ3v) is 7.35. The number of aromatic nitrogens is 4. The molecule has 2 aliphatic rings. The number of aromatic amines is 1. The molecule has 0 radical (unpaired) electrons. The van der Waals surface area contributed by atoms with Crippen LogP contribution in [0.15, 0.2) is 0 Å². The van der Waals surface area contributed by atoms with Gasteiger partial charge in [0.25, 0.3) is 0 Å². The van der Waals surface area contributed by atoms with E-state index in [1.54, 1.807) is 0 Å². The number of rotatable bonds is 13. The first kappa shape index (κ1) is 31.0. The van der Waals surface area contributed by atoms with E-state index in [0.717, 1.165) is 38.1 Å². The third kappa shape index (κ3) is 12.2. The predicted molar refractivity (Wildman–Crippen MR) is 130 cm³/mol. The number of nitrogens with zero attached hydrogens (tertiary/aromatic N) is 3. The molecule has 1 aliphatic carbocycles. The molecule has 12 heteroatoms. The highest BCUT2D eigenvalue weighted by Gasteiger charge is 2.39. The van der Waals surface area contributed by atoms with Gasteiger partial charge < -0.3 is 15.2 Å². The molecule has 0 bridgehead atoms. The maximum atomic E-state index is 12.5. The number of tetrazole rings is 1. The number of fused-ring (bicyclic) bond motifs is 1. The molecule has 1 aromatic heterocycles. The molecule has 2 heterocycles. The number of alkyl halides is 3. The molecule has 37 heavy (non-hydrogen) atoms. The Morgan fingerprint density at radius 3 is 2.32 bits per heavy atom. The van der Waals surface area contributed by atoms with E-state index in [9.17, 15) is 18.0 Å². The lowest BCUT2D eigenvalue weighted by molar-refractivity contribution is -0.192. The van der Waals surface area contributed by atoms with Crippen LogP contribution in [0, 0.1) is 17.8 Å². The number of aliphatic carboxylic acids is 1. The number of carboxylic acid groups (broad SMARTS) is 1. The summed E-state index contributed by atoms with van der Waals surface area (Å²) in [7, 11) is 0. The van der Waals surface area contributed by atoms with E-state index in [4.69, 9.17) is 14.6 Å². The van der Waals surface area contributed by atoms with Crippen molar-refractivity contribution in [1.82, 2.24) is 25.9 Å². The maximum absolute atomic E-state index is 12.5. The van der Waals surface area contributed by atoms with Gasteiger partial charge in [-0.3, -0.25) is 4.79 Å². The monoisotopic (exact) mass is 533 g/mol. The Morgan fingerprint density at radius 2 is 1.70 bits per heavy atom. The van der Waals surface area contributed by atoms with Gasteiger partial charge >= 0.3 is 18.1 Å². The van der Waals surface area contributed by atoms with Crippen LogP contribution in [0.5, 0.6) is 0 Å². The molecule has 1 saturated heterocycles. The van der Waals surface area contributed by atoms with Crippen molar-refractivity contribution in [2.45, 2.75) is 109 Å². The average molecular weight is 534 g/mol. The van der Waals surface area contributed by atoms with E-state index in [-0.39, 0.29) is 12.0 Å². The smallest absolute Gasteiger partial charge is 0.475 e. The fourth-order valence-corrected chi connectivity index (χ4v) is 5.23. The number of carbonyl (C=O) groups is 2. The van der Waals surface area contributed by atoms with Gasteiger partial charge in [0.2, 0.25) is 0 Å². The second-order valence-electron chi connectivity index (χ2n) is 10.2. The summed E-state index contributed by atoms with van der Waals surface area (Å²) in [5, 5.41) is 24.9. The van der Waals surface area contributed by atoms with Crippen LogP contribution < -0.4 is 5.32 Å². The summed E-state index contributed by atoms with van der Waals surface area (Å²) >= 11 is 0. The molecule has 4 atom stereocenters. The van der Waals surface area contributed by atoms with Crippen LogP contribution in [0.25, 0.3) is 0 Å². The summed E-state index contributed by atoms with van der Waals surface area (Å²) in [6.45, 7) is 3.79. The van der Waals surface area contributed by atoms with Crippen LogP contribution in [-0.2, 0) is 20.7 Å². The number of aryl methyl sites for hydroxylation is 1. The largest absolute Gasteiger partial charge is 0.490 e. The normalized spacial score (nSPS) is 23.5. The molecule has 3 N–H and O–H groups in total. The number of piperidine rings is 1. The van der Waals surface area contributed by atoms with E-state index in [0.29, 0.717) is 24.4 Å². The number of unbranched alkanes of at least 4 members (excludes halogenated alkanes) is 7. The fourth-order valence-electron chi connectivity index (χ4n) is 5.23. The molecule has 1 aromatic rings. The van der Waals surface area contributed by atoms with Gasteiger partial charge in [0.1, 0.15) is 6.04 Å². The number of esters is 1. The maximum Gasteiger partial charge on any atom is 0.490 e. The van der Waals surface area contributed by atoms with Crippen molar-refractivity contribution in [2.24, 2.45) is 17.8 Å². The molecule has 2 fully saturated rings. The highest BCUT2D eigenvalue weighted by atomic mass is 19.4. The van der Waals surface area contributed by atoms with E-state index in [1.807, 2.05) is 0 Å². The Morgan fingerprint density at radius 1 is 1.03 bits per heavy atom. The molecule has 0 amide bonds. The van der Waals surface area contributed by atoms with Crippen molar-refractivity contribution in [3.05, 3.63) is 5.82 Å². The highest BCUT2D eigenvalue weighted by molar-refractivity contribution is 5.76. The minimum atomic E-state index is -5.08. The molecule has 212 valence electrons. The van der Waals surface area contributed by atoms with E-state index in [1.165, 1.54) is 64.2 Å². The van der Waals surface area contributed by atoms with Crippen molar-refractivity contribution in [3.8, 4) is 0 Å². The zero-order valence-electron chi connectivity index (χ0n) is 21.8. The van der Waals surface area contributed by atoms with Crippen molar-refractivity contribution in [3.63, 3.8) is 0 Å². The molecule has 1 saturated carbocycles. The van der Waals surface area contributed by atoms with Crippen LogP contribution in [0.2, 0.25) is 0 Å². The summed E-state index contributed by atoms with van der Waals surface area (Å²) < 4.78 is 37.3. The lowest BCUT2D eigenvalue weighted by Gasteiger charge is -2.42. The Kier molecular flexibility index (Phi) is 13.9. The number of carboxylic acids is 1. The summed E-state index contributed by atoms with van der Waals surface area (Å²) in [5.74, 6) is 0.0682. The zero-order chi connectivity index (χ0) is 27.1. The topological polar surface area (TPSA) is 130 Å². The summed E-state index contributed by atoms with van der Waals surface area (Å²) in [6, 6.07) is -0.115. The van der Waals surface area contributed by atoms with E-state index < -0.39 is 12.1 Å². The lowest BCUT2D eigenvalue weighted by Crippen LogP contribution is -2.50. The molecule has 0 spiro atoms. The van der Waals surface area contributed by atoms with E-state index >= 15 is 0 Å². The molecular weight excluding hydrogens is 491 g/mol. The number of ether oxygens (including phenoxy) is 1. The van der Waals surface area contributed by atoms with Crippen molar-refractivity contribution in [1.29, 1.82) is 0 Å². The molecule has 3 rings (SSSR count). The van der Waals surface area contributed by atoms with Crippen molar-refractivity contribution in [2.75, 3.05) is 13.2 Å². The first-order valence-electron chi connectivity index (χ1n) is 13.6.